The van der Waals surface area contributed by atoms with Crippen molar-refractivity contribution in [2.45, 2.75) is 19.9 Å². The molecule has 1 unspecified atom stereocenters. The highest BCUT2D eigenvalue weighted by atomic mass is 32.2. The lowest BCUT2D eigenvalue weighted by Crippen LogP contribution is -2.56. The number of nitrogens with one attached hydrogen (secondary N) is 2. The minimum atomic E-state index is -3.33. The average Bonchev–Trinajstić information content (AvgIpc) is 2.22. The van der Waals surface area contributed by atoms with Gasteiger partial charge in [0.1, 0.15) is 6.04 Å². The quantitative estimate of drug-likeness (QED) is 0.597. The molecule has 0 spiro atoms. The van der Waals surface area contributed by atoms with Crippen LogP contribution < -0.4 is 10.6 Å². The van der Waals surface area contributed by atoms with Gasteiger partial charge in [0.15, 0.2) is 0 Å². The Hall–Kier alpha value is -0.660. The van der Waals surface area contributed by atoms with E-state index in [1.54, 1.807) is 6.92 Å². The summed E-state index contributed by atoms with van der Waals surface area (Å²) in [6.07, 6.45) is 0. The summed E-state index contributed by atoms with van der Waals surface area (Å²) in [5.74, 6) is -0.184. The number of nitrogens with zero attached hydrogens (tertiary/aromatic N) is 1. The Kier molecular flexibility index (Phi) is 4.69. The Morgan fingerprint density at radius 3 is 2.88 bits per heavy atom. The maximum atomic E-state index is 11.9. The minimum Gasteiger partial charge on any atom is -0.353 e. The van der Waals surface area contributed by atoms with Crippen molar-refractivity contribution >= 4 is 15.9 Å². The van der Waals surface area contributed by atoms with E-state index in [-0.39, 0.29) is 11.7 Å². The van der Waals surface area contributed by atoms with Crippen LogP contribution in [0, 0.1) is 0 Å². The molecule has 0 aromatic carbocycles. The second-order valence-corrected chi connectivity index (χ2v) is 5.79. The van der Waals surface area contributed by atoms with Gasteiger partial charge in [-0.05, 0) is 13.5 Å². The monoisotopic (exact) mass is 249 g/mol. The minimum absolute atomic E-state index is 0.0401. The standard InChI is InChI=1S/C9H19N3O3S/c1-3-10-5-7-16(14,15)12-6-4-11-9(13)8(12)2/h8,10H,3-7H2,1-2H3,(H,11,13). The van der Waals surface area contributed by atoms with E-state index < -0.39 is 16.1 Å². The predicted molar refractivity (Wildman–Crippen MR) is 61.5 cm³/mol. The van der Waals surface area contributed by atoms with Gasteiger partial charge in [-0.2, -0.15) is 4.31 Å². The topological polar surface area (TPSA) is 78.5 Å². The van der Waals surface area contributed by atoms with Crippen LogP contribution in [0.5, 0.6) is 0 Å². The highest BCUT2D eigenvalue weighted by molar-refractivity contribution is 7.89. The normalized spacial score (nSPS) is 23.1. The third kappa shape index (κ3) is 3.16. The molecule has 1 fully saturated rings. The number of sulfonamides is 1. The van der Waals surface area contributed by atoms with Gasteiger partial charge in [0.25, 0.3) is 0 Å². The van der Waals surface area contributed by atoms with Gasteiger partial charge in [-0.15, -0.1) is 0 Å². The van der Waals surface area contributed by atoms with Crippen LogP contribution in [0.25, 0.3) is 0 Å². The van der Waals surface area contributed by atoms with E-state index in [0.29, 0.717) is 19.6 Å². The highest BCUT2D eigenvalue weighted by Gasteiger charge is 2.33. The van der Waals surface area contributed by atoms with Crippen LogP contribution in [0.2, 0.25) is 0 Å². The van der Waals surface area contributed by atoms with Gasteiger partial charge in [-0.3, -0.25) is 4.79 Å². The zero-order chi connectivity index (χ0) is 12.2. The van der Waals surface area contributed by atoms with E-state index in [4.69, 9.17) is 0 Å². The molecule has 1 rings (SSSR count). The molecule has 0 aromatic heterocycles. The third-order valence-corrected chi connectivity index (χ3v) is 4.52. The van der Waals surface area contributed by atoms with Gasteiger partial charge in [-0.1, -0.05) is 6.92 Å². The first-order valence-corrected chi connectivity index (χ1v) is 7.08. The van der Waals surface area contributed by atoms with Crippen molar-refractivity contribution in [1.82, 2.24) is 14.9 Å². The Morgan fingerprint density at radius 1 is 1.56 bits per heavy atom. The van der Waals surface area contributed by atoms with E-state index in [2.05, 4.69) is 10.6 Å². The Balaban J connectivity index is 2.63. The summed E-state index contributed by atoms with van der Waals surface area (Å²) < 4.78 is 25.1. The molecule has 94 valence electrons. The molecule has 7 heteroatoms. The second-order valence-electron chi connectivity index (χ2n) is 3.75. The maximum absolute atomic E-state index is 11.9. The van der Waals surface area contributed by atoms with Crippen molar-refractivity contribution in [3.8, 4) is 0 Å². The van der Waals surface area contributed by atoms with Crippen LogP contribution in [0.1, 0.15) is 13.8 Å². The van der Waals surface area contributed by atoms with Crippen molar-refractivity contribution in [2.75, 3.05) is 31.9 Å². The molecule has 1 aliphatic heterocycles. The number of carbonyl (C=O) groups excluding carboxylic acids is 1. The molecular formula is C9H19N3O3S. The van der Waals surface area contributed by atoms with Crippen LogP contribution in [0.3, 0.4) is 0 Å². The molecule has 0 radical (unpaired) electrons. The third-order valence-electron chi connectivity index (χ3n) is 2.59. The summed E-state index contributed by atoms with van der Waals surface area (Å²) in [7, 11) is -3.33. The summed E-state index contributed by atoms with van der Waals surface area (Å²) in [4.78, 5) is 11.3. The summed E-state index contributed by atoms with van der Waals surface area (Å²) in [6.45, 7) is 5.45. The molecule has 0 saturated carbocycles. The number of amides is 1. The molecule has 0 bridgehead atoms. The average molecular weight is 249 g/mol. The smallest absolute Gasteiger partial charge is 0.238 e. The van der Waals surface area contributed by atoms with Crippen LogP contribution in [-0.4, -0.2) is 56.6 Å². The lowest BCUT2D eigenvalue weighted by molar-refractivity contribution is -0.126. The van der Waals surface area contributed by atoms with Gasteiger partial charge in [-0.25, -0.2) is 8.42 Å². The zero-order valence-electron chi connectivity index (χ0n) is 9.69. The number of carbonyl (C=O) groups is 1. The summed E-state index contributed by atoms with van der Waals surface area (Å²) in [6, 6.07) is -0.597. The van der Waals surface area contributed by atoms with Crippen molar-refractivity contribution in [3.05, 3.63) is 0 Å². The predicted octanol–water partition coefficient (Wildman–Crippen LogP) is -1.25. The molecule has 6 nitrogen and oxygen atoms in total. The fourth-order valence-electron chi connectivity index (χ4n) is 1.64. The van der Waals surface area contributed by atoms with Gasteiger partial charge in [0.2, 0.25) is 15.9 Å². The molecule has 1 saturated heterocycles. The molecule has 0 aliphatic carbocycles. The van der Waals surface area contributed by atoms with E-state index in [1.165, 1.54) is 4.31 Å². The largest absolute Gasteiger partial charge is 0.353 e. The first-order chi connectivity index (χ1) is 7.49. The van der Waals surface area contributed by atoms with Gasteiger partial charge < -0.3 is 10.6 Å². The van der Waals surface area contributed by atoms with Crippen molar-refractivity contribution in [3.63, 3.8) is 0 Å². The van der Waals surface area contributed by atoms with Crippen LogP contribution in [-0.2, 0) is 14.8 Å². The second kappa shape index (κ2) is 5.60. The Morgan fingerprint density at radius 2 is 2.25 bits per heavy atom. The molecule has 2 N–H and O–H groups in total. The molecule has 1 heterocycles. The van der Waals surface area contributed by atoms with Crippen LogP contribution in [0.4, 0.5) is 0 Å². The highest BCUT2D eigenvalue weighted by Crippen LogP contribution is 2.10. The Labute approximate surface area is 96.4 Å². The summed E-state index contributed by atoms with van der Waals surface area (Å²) in [5, 5.41) is 5.60. The zero-order valence-corrected chi connectivity index (χ0v) is 10.5. The molecule has 16 heavy (non-hydrogen) atoms. The number of rotatable bonds is 5. The molecule has 1 amide bonds. The fourth-order valence-corrected chi connectivity index (χ4v) is 3.22. The number of piperazine rings is 1. The Bertz CT molecular complexity index is 342. The van der Waals surface area contributed by atoms with Crippen LogP contribution >= 0.6 is 0 Å². The van der Waals surface area contributed by atoms with Gasteiger partial charge >= 0.3 is 0 Å². The fraction of sp³-hybridized carbons (Fsp3) is 0.889. The number of hydrogen-bond acceptors (Lipinski definition) is 4. The molecule has 1 atom stereocenters. The number of hydrogen-bond donors (Lipinski definition) is 2. The lowest BCUT2D eigenvalue weighted by Gasteiger charge is -2.31. The summed E-state index contributed by atoms with van der Waals surface area (Å²) >= 11 is 0. The van der Waals surface area contributed by atoms with Crippen molar-refractivity contribution in [1.29, 1.82) is 0 Å². The van der Waals surface area contributed by atoms with Gasteiger partial charge in [0, 0.05) is 19.6 Å². The first-order valence-electron chi connectivity index (χ1n) is 5.47. The van der Waals surface area contributed by atoms with E-state index >= 15 is 0 Å². The van der Waals surface area contributed by atoms with Crippen molar-refractivity contribution in [2.24, 2.45) is 0 Å². The van der Waals surface area contributed by atoms with E-state index in [1.807, 2.05) is 6.92 Å². The van der Waals surface area contributed by atoms with Gasteiger partial charge in [0.05, 0.1) is 5.75 Å². The first kappa shape index (κ1) is 13.4. The molecule has 0 aromatic rings. The lowest BCUT2D eigenvalue weighted by atomic mass is 10.2. The summed E-state index contributed by atoms with van der Waals surface area (Å²) in [5.41, 5.74) is 0. The van der Waals surface area contributed by atoms with E-state index in [0.717, 1.165) is 6.54 Å². The van der Waals surface area contributed by atoms with Crippen LogP contribution in [0.15, 0.2) is 0 Å². The SMILES string of the molecule is CCNCCS(=O)(=O)N1CCNC(=O)C1C. The molecule has 1 aliphatic rings. The van der Waals surface area contributed by atoms with E-state index in [9.17, 15) is 13.2 Å². The van der Waals surface area contributed by atoms with Crippen molar-refractivity contribution < 1.29 is 13.2 Å². The maximum Gasteiger partial charge on any atom is 0.238 e. The molecular weight excluding hydrogens is 230 g/mol.